The van der Waals surface area contributed by atoms with E-state index in [9.17, 15) is 0 Å². The normalized spacial score (nSPS) is 8.57. The number of aliphatic hydroxyl groups is 2. The Morgan fingerprint density at radius 2 is 1.71 bits per heavy atom. The summed E-state index contributed by atoms with van der Waals surface area (Å²) in [5.41, 5.74) is 4.97. The predicted molar refractivity (Wildman–Crippen MR) is 23.3 cm³/mol. The van der Waals surface area contributed by atoms with Crippen molar-refractivity contribution in [1.82, 2.24) is 0 Å². The van der Waals surface area contributed by atoms with E-state index in [0.717, 1.165) is 0 Å². The zero-order valence-corrected chi connectivity index (χ0v) is 6.46. The van der Waals surface area contributed by atoms with E-state index in [1.807, 2.05) is 0 Å². The Kier molecular flexibility index (Phi) is 10.6. The van der Waals surface area contributed by atoms with Gasteiger partial charge in [0.15, 0.2) is 0 Å². The molecule has 0 saturated carbocycles. The summed E-state index contributed by atoms with van der Waals surface area (Å²) >= 11 is 0. The molecule has 0 saturated heterocycles. The van der Waals surface area contributed by atoms with Crippen LogP contribution in [0.25, 0.3) is 0 Å². The van der Waals surface area contributed by atoms with Crippen molar-refractivity contribution in [2.24, 2.45) is 5.73 Å². The summed E-state index contributed by atoms with van der Waals surface area (Å²) < 4.78 is 0. The van der Waals surface area contributed by atoms with Crippen LogP contribution in [0.4, 0.5) is 0 Å². The topological polar surface area (TPSA) is 66.5 Å². The third-order valence-electron chi connectivity index (χ3n) is 0.469. The van der Waals surface area contributed by atoms with Gasteiger partial charge in [-0.1, -0.05) is 0 Å². The van der Waals surface area contributed by atoms with E-state index in [1.54, 1.807) is 0 Å². The van der Waals surface area contributed by atoms with Crippen molar-refractivity contribution in [1.29, 1.82) is 0 Å². The minimum Gasteiger partial charge on any atom is -1.00 e. The van der Waals surface area contributed by atoms with Gasteiger partial charge >= 0.3 is 29.6 Å². The number of nitrogens with two attached hydrogens (primary N) is 1. The molecule has 0 aliphatic rings. The Morgan fingerprint density at radius 1 is 1.43 bits per heavy atom. The summed E-state index contributed by atoms with van der Waals surface area (Å²) in [6.07, 6.45) is 0. The average Bonchev–Trinajstić information content (AvgIpc) is 1.65. The van der Waals surface area contributed by atoms with Crippen molar-refractivity contribution in [2.75, 3.05) is 13.2 Å². The molecule has 0 bridgehead atoms. The summed E-state index contributed by atoms with van der Waals surface area (Å²) in [5, 5.41) is 16.1. The van der Waals surface area contributed by atoms with Gasteiger partial charge < -0.3 is 17.4 Å². The van der Waals surface area contributed by atoms with E-state index in [0.29, 0.717) is 0 Å². The van der Waals surface area contributed by atoms with Gasteiger partial charge in [-0.15, -0.1) is 0 Å². The first-order valence-corrected chi connectivity index (χ1v) is 1.78. The largest absolute Gasteiger partial charge is 1.00 e. The van der Waals surface area contributed by atoms with Gasteiger partial charge in [-0.05, 0) is 0 Å². The van der Waals surface area contributed by atoms with Crippen molar-refractivity contribution in [2.45, 2.75) is 6.04 Å². The maximum Gasteiger partial charge on any atom is 1.00 e. The molecule has 0 aromatic carbocycles. The zero-order chi connectivity index (χ0) is 4.99. The minimum atomic E-state index is -0.454. The quantitative estimate of drug-likeness (QED) is 0.317. The van der Waals surface area contributed by atoms with Crippen LogP contribution in [-0.4, -0.2) is 29.5 Å². The van der Waals surface area contributed by atoms with Crippen LogP contribution >= 0.6 is 0 Å². The molecule has 0 heterocycles. The third kappa shape index (κ3) is 6.88. The van der Waals surface area contributed by atoms with Crippen molar-refractivity contribution in [3.63, 3.8) is 0 Å². The number of aliphatic hydroxyl groups excluding tert-OH is 2. The fraction of sp³-hybridized carbons (Fsp3) is 1.00. The van der Waals surface area contributed by atoms with Gasteiger partial charge in [0.05, 0.1) is 19.3 Å². The molecule has 0 aliphatic carbocycles. The molecule has 0 unspecified atom stereocenters. The number of rotatable bonds is 2. The second-order valence-electron chi connectivity index (χ2n) is 1.13. The van der Waals surface area contributed by atoms with Crippen molar-refractivity contribution >= 4 is 0 Å². The molecule has 0 aliphatic heterocycles. The Labute approximate surface area is 66.3 Å². The standard InChI is InChI=1S/C3H9NO2.Na.H/c4-3(1-5)2-6;;/h3,5-6H,1-2,4H2;;/q;+1;-1. The Hall–Kier alpha value is 0.880. The molecule has 7 heavy (non-hydrogen) atoms. The van der Waals surface area contributed by atoms with Gasteiger partial charge in [-0.2, -0.15) is 0 Å². The van der Waals surface area contributed by atoms with E-state index in [2.05, 4.69) is 0 Å². The van der Waals surface area contributed by atoms with Crippen molar-refractivity contribution < 1.29 is 41.2 Å². The molecular weight excluding hydrogens is 105 g/mol. The third-order valence-corrected chi connectivity index (χ3v) is 0.469. The predicted octanol–water partition coefficient (Wildman–Crippen LogP) is -4.59. The minimum absolute atomic E-state index is 0. The maximum atomic E-state index is 8.05. The van der Waals surface area contributed by atoms with Crippen molar-refractivity contribution in [3.05, 3.63) is 0 Å². The summed E-state index contributed by atoms with van der Waals surface area (Å²) in [4.78, 5) is 0. The van der Waals surface area contributed by atoms with Crippen LogP contribution in [0, 0.1) is 0 Å². The van der Waals surface area contributed by atoms with Gasteiger partial charge in [0, 0.05) is 0 Å². The molecule has 0 radical (unpaired) electrons. The molecule has 0 amide bonds. The number of hydrogen-bond acceptors (Lipinski definition) is 3. The Morgan fingerprint density at radius 3 is 1.71 bits per heavy atom. The fourth-order valence-corrected chi connectivity index (χ4v) is 0.0577. The maximum absolute atomic E-state index is 8.05. The first-order valence-electron chi connectivity index (χ1n) is 1.78. The van der Waals surface area contributed by atoms with E-state index in [4.69, 9.17) is 15.9 Å². The molecule has 3 nitrogen and oxygen atoms in total. The van der Waals surface area contributed by atoms with Crippen LogP contribution in [0.2, 0.25) is 0 Å². The van der Waals surface area contributed by atoms with Crippen LogP contribution in [0.3, 0.4) is 0 Å². The molecule has 0 atom stereocenters. The van der Waals surface area contributed by atoms with Gasteiger partial charge in [0.1, 0.15) is 0 Å². The summed E-state index contributed by atoms with van der Waals surface area (Å²) in [6.45, 7) is -0.285. The number of hydrogen-bond donors (Lipinski definition) is 3. The molecule has 4 heteroatoms. The van der Waals surface area contributed by atoms with E-state index in [1.165, 1.54) is 0 Å². The van der Waals surface area contributed by atoms with E-state index in [-0.39, 0.29) is 44.2 Å². The van der Waals surface area contributed by atoms with E-state index < -0.39 is 6.04 Å². The smallest absolute Gasteiger partial charge is 1.00 e. The monoisotopic (exact) mass is 115 g/mol. The molecule has 0 aromatic rings. The molecule has 40 valence electrons. The molecular formula is C3H10NNaO2. The Bertz CT molecular complexity index is 36.5. The molecule has 0 fully saturated rings. The van der Waals surface area contributed by atoms with Crippen LogP contribution in [0.5, 0.6) is 0 Å². The SMILES string of the molecule is NC(CO)CO.[H-].[Na+]. The molecule has 0 aromatic heterocycles. The van der Waals surface area contributed by atoms with Crippen LogP contribution in [0.1, 0.15) is 1.43 Å². The Balaban J connectivity index is -0.000000125. The molecule has 0 spiro atoms. The van der Waals surface area contributed by atoms with Gasteiger partial charge in [-0.25, -0.2) is 0 Å². The van der Waals surface area contributed by atoms with Crippen LogP contribution in [0.15, 0.2) is 0 Å². The summed E-state index contributed by atoms with van der Waals surface area (Å²) in [6, 6.07) is -0.454. The summed E-state index contributed by atoms with van der Waals surface area (Å²) in [7, 11) is 0. The second kappa shape index (κ2) is 6.88. The summed E-state index contributed by atoms with van der Waals surface area (Å²) in [5.74, 6) is 0. The average molecular weight is 115 g/mol. The zero-order valence-electron chi connectivity index (χ0n) is 5.46. The second-order valence-corrected chi connectivity index (χ2v) is 1.13. The molecule has 4 N–H and O–H groups in total. The van der Waals surface area contributed by atoms with Gasteiger partial charge in [0.2, 0.25) is 0 Å². The van der Waals surface area contributed by atoms with Crippen LogP contribution < -0.4 is 35.3 Å². The molecule has 0 rings (SSSR count). The first kappa shape index (κ1) is 10.8. The fourth-order valence-electron chi connectivity index (χ4n) is 0.0577. The van der Waals surface area contributed by atoms with Crippen LogP contribution in [-0.2, 0) is 0 Å². The van der Waals surface area contributed by atoms with Crippen molar-refractivity contribution in [3.8, 4) is 0 Å². The first-order chi connectivity index (χ1) is 2.81. The van der Waals surface area contributed by atoms with E-state index >= 15 is 0 Å². The van der Waals surface area contributed by atoms with Gasteiger partial charge in [0.25, 0.3) is 0 Å². The van der Waals surface area contributed by atoms with Gasteiger partial charge in [-0.3, -0.25) is 0 Å².